The summed E-state index contributed by atoms with van der Waals surface area (Å²) in [7, 11) is 1.60. The summed E-state index contributed by atoms with van der Waals surface area (Å²) in [5.41, 5.74) is 0.671. The van der Waals surface area contributed by atoms with E-state index in [4.69, 9.17) is 0 Å². The van der Waals surface area contributed by atoms with Crippen molar-refractivity contribution in [3.05, 3.63) is 40.4 Å². The van der Waals surface area contributed by atoms with Gasteiger partial charge in [0.25, 0.3) is 0 Å². The standard InChI is InChI=1S/C22H25N3O6S/c1-10-16-11(2)19(26)25(16)17(22(30)31)18(10)32-14-8-15(23-9-14)20(27)24(3)13-6-4-5-12(7-13)21(28)29/h4-7,10-11,14-16,23H,8-9H2,1-3H3,(H,28,29)(H,30,31). The molecule has 5 atom stereocenters. The number of rotatable bonds is 6. The summed E-state index contributed by atoms with van der Waals surface area (Å²) in [4.78, 5) is 51.9. The molecule has 170 valence electrons. The van der Waals surface area contributed by atoms with Gasteiger partial charge in [0.1, 0.15) is 5.70 Å². The zero-order valence-electron chi connectivity index (χ0n) is 17.9. The van der Waals surface area contributed by atoms with E-state index in [1.54, 1.807) is 19.2 Å². The lowest BCUT2D eigenvalue weighted by Gasteiger charge is -2.43. The summed E-state index contributed by atoms with van der Waals surface area (Å²) in [6, 6.07) is 5.61. The number of hydrogen-bond donors (Lipinski definition) is 3. The van der Waals surface area contributed by atoms with Gasteiger partial charge in [-0.25, -0.2) is 9.59 Å². The molecule has 0 spiro atoms. The van der Waals surface area contributed by atoms with Gasteiger partial charge < -0.3 is 25.3 Å². The van der Waals surface area contributed by atoms with Gasteiger partial charge in [0.2, 0.25) is 11.8 Å². The van der Waals surface area contributed by atoms with Crippen molar-refractivity contribution in [1.82, 2.24) is 10.2 Å². The Balaban J connectivity index is 1.45. The third-order valence-electron chi connectivity index (χ3n) is 6.53. The maximum atomic E-state index is 13.0. The number of anilines is 1. The first-order chi connectivity index (χ1) is 15.1. The quantitative estimate of drug-likeness (QED) is 0.548. The number of β-lactam (4-membered cyclic amide) rings is 1. The van der Waals surface area contributed by atoms with Gasteiger partial charge in [0, 0.05) is 35.4 Å². The highest BCUT2D eigenvalue weighted by Crippen LogP contribution is 2.50. The van der Waals surface area contributed by atoms with E-state index >= 15 is 0 Å². The number of carboxylic acid groups (broad SMARTS) is 2. The van der Waals surface area contributed by atoms with Crippen molar-refractivity contribution in [3.8, 4) is 0 Å². The second-order valence-corrected chi connectivity index (χ2v) is 9.83. The molecule has 4 rings (SSSR count). The number of likely N-dealkylation sites (N-methyl/N-ethyl adjacent to an activating group) is 1. The molecule has 5 unspecified atom stereocenters. The van der Waals surface area contributed by atoms with Crippen LogP contribution in [-0.4, -0.2) is 69.8 Å². The van der Waals surface area contributed by atoms with Crippen LogP contribution < -0.4 is 10.2 Å². The zero-order valence-corrected chi connectivity index (χ0v) is 18.8. The number of nitrogens with one attached hydrogen (secondary N) is 1. The van der Waals surface area contributed by atoms with Crippen molar-refractivity contribution < 1.29 is 29.4 Å². The molecule has 3 aliphatic heterocycles. The van der Waals surface area contributed by atoms with Crippen LogP contribution in [0.5, 0.6) is 0 Å². The highest BCUT2D eigenvalue weighted by atomic mass is 32.2. The van der Waals surface area contributed by atoms with E-state index in [0.717, 1.165) is 0 Å². The summed E-state index contributed by atoms with van der Waals surface area (Å²) in [6.45, 7) is 4.31. The van der Waals surface area contributed by atoms with Gasteiger partial charge in [0.15, 0.2) is 0 Å². The van der Waals surface area contributed by atoms with Gasteiger partial charge in [-0.2, -0.15) is 0 Å². The number of aliphatic carboxylic acids is 1. The molecule has 2 saturated heterocycles. The molecular formula is C22H25N3O6S. The van der Waals surface area contributed by atoms with Crippen LogP contribution in [0.25, 0.3) is 0 Å². The molecule has 2 fully saturated rings. The minimum absolute atomic E-state index is 0.0152. The van der Waals surface area contributed by atoms with Crippen molar-refractivity contribution in [3.63, 3.8) is 0 Å². The van der Waals surface area contributed by atoms with Crippen molar-refractivity contribution in [1.29, 1.82) is 0 Å². The summed E-state index contributed by atoms with van der Waals surface area (Å²) in [6.07, 6.45) is 0.504. The maximum absolute atomic E-state index is 13.0. The van der Waals surface area contributed by atoms with Crippen molar-refractivity contribution in [2.75, 3.05) is 18.5 Å². The molecular weight excluding hydrogens is 434 g/mol. The molecule has 3 heterocycles. The van der Waals surface area contributed by atoms with E-state index < -0.39 is 18.0 Å². The van der Waals surface area contributed by atoms with Crippen LogP contribution in [0.15, 0.2) is 34.9 Å². The zero-order chi connectivity index (χ0) is 23.3. The average molecular weight is 460 g/mol. The molecule has 3 N–H and O–H groups in total. The Labute approximate surface area is 189 Å². The predicted molar refractivity (Wildman–Crippen MR) is 118 cm³/mol. The van der Waals surface area contributed by atoms with Crippen molar-refractivity contribution in [2.24, 2.45) is 11.8 Å². The first kappa shape index (κ1) is 22.3. The summed E-state index contributed by atoms with van der Waals surface area (Å²) >= 11 is 1.44. The van der Waals surface area contributed by atoms with E-state index in [2.05, 4.69) is 5.32 Å². The van der Waals surface area contributed by atoms with Crippen molar-refractivity contribution >= 4 is 41.2 Å². The molecule has 0 aliphatic carbocycles. The van der Waals surface area contributed by atoms with Crippen molar-refractivity contribution in [2.45, 2.75) is 37.6 Å². The third-order valence-corrected chi connectivity index (χ3v) is 8.04. The fourth-order valence-corrected chi connectivity index (χ4v) is 6.28. The Morgan fingerprint density at radius 3 is 2.53 bits per heavy atom. The normalized spacial score (nSPS) is 29.0. The molecule has 0 radical (unpaired) electrons. The van der Waals surface area contributed by atoms with Gasteiger partial charge in [0.05, 0.1) is 23.6 Å². The number of benzene rings is 1. The van der Waals surface area contributed by atoms with E-state index in [1.165, 1.54) is 33.7 Å². The topological polar surface area (TPSA) is 127 Å². The number of amides is 2. The lowest BCUT2D eigenvalue weighted by Crippen LogP contribution is -2.59. The van der Waals surface area contributed by atoms with Crippen LogP contribution in [0, 0.1) is 11.8 Å². The molecule has 1 aromatic carbocycles. The van der Waals surface area contributed by atoms with Gasteiger partial charge in [-0.1, -0.05) is 19.9 Å². The number of nitrogens with zero attached hydrogens (tertiary/aromatic N) is 2. The van der Waals surface area contributed by atoms with Crippen LogP contribution in [-0.2, 0) is 14.4 Å². The number of fused-ring (bicyclic) bond motifs is 1. The summed E-state index contributed by atoms with van der Waals surface area (Å²) in [5.74, 6) is -2.75. The second-order valence-electron chi connectivity index (χ2n) is 8.48. The Morgan fingerprint density at radius 2 is 1.88 bits per heavy atom. The van der Waals surface area contributed by atoms with Crippen LogP contribution >= 0.6 is 11.8 Å². The van der Waals surface area contributed by atoms with Gasteiger partial charge in [-0.05, 0) is 24.6 Å². The fraction of sp³-hybridized carbons (Fsp3) is 0.455. The second kappa shape index (κ2) is 8.25. The number of aromatic carboxylic acids is 1. The average Bonchev–Trinajstić information content (AvgIpc) is 3.34. The van der Waals surface area contributed by atoms with Crippen LogP contribution in [0.2, 0.25) is 0 Å². The Kier molecular flexibility index (Phi) is 5.76. The van der Waals surface area contributed by atoms with E-state index in [9.17, 15) is 29.4 Å². The highest BCUT2D eigenvalue weighted by molar-refractivity contribution is 8.03. The SMILES string of the molecule is CC1C(=O)N2C(C(=O)O)=C(SC3CNC(C(=O)N(C)c4cccc(C(=O)O)c4)C3)C(C)C12. The molecule has 10 heteroatoms. The molecule has 0 bridgehead atoms. The highest BCUT2D eigenvalue weighted by Gasteiger charge is 2.57. The van der Waals surface area contributed by atoms with Crippen LogP contribution in [0.4, 0.5) is 5.69 Å². The first-order valence-electron chi connectivity index (χ1n) is 10.4. The van der Waals surface area contributed by atoms with Gasteiger partial charge in [-0.15, -0.1) is 11.8 Å². The number of carboxylic acids is 2. The Morgan fingerprint density at radius 1 is 1.16 bits per heavy atom. The molecule has 0 saturated carbocycles. The van der Waals surface area contributed by atoms with E-state index in [-0.39, 0.29) is 46.2 Å². The minimum Gasteiger partial charge on any atom is -0.478 e. The van der Waals surface area contributed by atoms with E-state index in [0.29, 0.717) is 23.6 Å². The fourth-order valence-electron chi connectivity index (χ4n) is 4.80. The monoisotopic (exact) mass is 459 g/mol. The molecule has 0 aromatic heterocycles. The molecule has 1 aromatic rings. The summed E-state index contributed by atoms with van der Waals surface area (Å²) < 4.78 is 0. The molecule has 2 amide bonds. The molecule has 3 aliphatic rings. The summed E-state index contributed by atoms with van der Waals surface area (Å²) in [5, 5.41) is 22.1. The van der Waals surface area contributed by atoms with Crippen LogP contribution in [0.1, 0.15) is 30.6 Å². The molecule has 32 heavy (non-hydrogen) atoms. The maximum Gasteiger partial charge on any atom is 0.353 e. The van der Waals surface area contributed by atoms with Gasteiger partial charge >= 0.3 is 11.9 Å². The van der Waals surface area contributed by atoms with E-state index in [1.807, 2.05) is 13.8 Å². The first-order valence-corrected chi connectivity index (χ1v) is 11.3. The third kappa shape index (κ3) is 3.57. The predicted octanol–water partition coefficient (Wildman–Crippen LogP) is 1.60. The Bertz CT molecular complexity index is 1040. The number of hydrogen-bond acceptors (Lipinski definition) is 6. The lowest BCUT2D eigenvalue weighted by molar-refractivity contribution is -0.155. The van der Waals surface area contributed by atoms with Gasteiger partial charge in [-0.3, -0.25) is 9.59 Å². The lowest BCUT2D eigenvalue weighted by atomic mass is 9.84. The smallest absolute Gasteiger partial charge is 0.353 e. The minimum atomic E-state index is -1.10. The number of carbonyl (C=O) groups excluding carboxylic acids is 2. The number of carbonyl (C=O) groups is 4. The molecule has 9 nitrogen and oxygen atoms in total. The Hall–Kier alpha value is -2.85. The van der Waals surface area contributed by atoms with Crippen LogP contribution in [0.3, 0.4) is 0 Å². The number of thioether (sulfide) groups is 1. The largest absolute Gasteiger partial charge is 0.478 e.